The van der Waals surface area contributed by atoms with Crippen LogP contribution in [0.4, 0.5) is 5.69 Å². The van der Waals surface area contributed by atoms with Crippen LogP contribution in [0.5, 0.6) is 0 Å². The predicted octanol–water partition coefficient (Wildman–Crippen LogP) is 2.50. The van der Waals surface area contributed by atoms with Crippen molar-refractivity contribution in [3.8, 4) is 0 Å². The smallest absolute Gasteiger partial charge is 0.251 e. The predicted molar refractivity (Wildman–Crippen MR) is 72.3 cm³/mol. The highest BCUT2D eigenvalue weighted by Crippen LogP contribution is 2.44. The summed E-state index contributed by atoms with van der Waals surface area (Å²) in [5.41, 5.74) is 8.13. The van der Waals surface area contributed by atoms with Crippen LogP contribution in [0.1, 0.15) is 41.6 Å². The largest absolute Gasteiger partial charge is 0.399 e. The summed E-state index contributed by atoms with van der Waals surface area (Å²) >= 11 is 0. The minimum atomic E-state index is 0.0602. The molecule has 3 heteroatoms. The Balaban J connectivity index is 1.71. The summed E-state index contributed by atoms with van der Waals surface area (Å²) in [5.74, 6) is 1.63. The number of benzene rings is 1. The van der Waals surface area contributed by atoms with E-state index in [0.29, 0.717) is 17.6 Å². The van der Waals surface area contributed by atoms with Crippen LogP contribution in [0.3, 0.4) is 0 Å². The Morgan fingerprint density at radius 1 is 1.33 bits per heavy atom. The molecule has 3 rings (SSSR count). The van der Waals surface area contributed by atoms with Gasteiger partial charge in [0.15, 0.2) is 0 Å². The van der Waals surface area contributed by atoms with Gasteiger partial charge < -0.3 is 11.1 Å². The molecule has 3 N–H and O–H groups in total. The lowest BCUT2D eigenvalue weighted by Crippen LogP contribution is -2.38. The van der Waals surface area contributed by atoms with Gasteiger partial charge in [-0.3, -0.25) is 4.79 Å². The normalized spacial score (nSPS) is 29.5. The van der Waals surface area contributed by atoms with E-state index >= 15 is 0 Å². The van der Waals surface area contributed by atoms with Crippen molar-refractivity contribution < 1.29 is 4.79 Å². The van der Waals surface area contributed by atoms with Crippen molar-refractivity contribution in [1.29, 1.82) is 0 Å². The maximum atomic E-state index is 12.3. The quantitative estimate of drug-likeness (QED) is 0.785. The second-order valence-electron chi connectivity index (χ2n) is 5.83. The Morgan fingerprint density at radius 2 is 2.17 bits per heavy atom. The lowest BCUT2D eigenvalue weighted by Gasteiger charge is -2.23. The molecule has 18 heavy (non-hydrogen) atoms. The molecule has 2 aliphatic rings. The third-order valence-electron chi connectivity index (χ3n) is 4.55. The molecule has 0 heterocycles. The Hall–Kier alpha value is -1.51. The van der Waals surface area contributed by atoms with Gasteiger partial charge in [0.2, 0.25) is 0 Å². The van der Waals surface area contributed by atoms with Crippen LogP contribution in [-0.4, -0.2) is 11.9 Å². The van der Waals surface area contributed by atoms with Gasteiger partial charge in [0.25, 0.3) is 5.91 Å². The number of aryl methyl sites for hydroxylation is 1. The highest BCUT2D eigenvalue weighted by atomic mass is 16.1. The zero-order valence-corrected chi connectivity index (χ0v) is 10.8. The summed E-state index contributed by atoms with van der Waals surface area (Å²) in [6.45, 7) is 1.94. The molecule has 0 aromatic heterocycles. The third kappa shape index (κ3) is 1.98. The average Bonchev–Trinajstić information content (AvgIpc) is 2.90. The second kappa shape index (κ2) is 4.30. The van der Waals surface area contributed by atoms with Gasteiger partial charge in [-0.05, 0) is 61.8 Å². The van der Waals surface area contributed by atoms with Crippen LogP contribution >= 0.6 is 0 Å². The molecule has 1 aromatic rings. The fraction of sp³-hybridized carbons (Fsp3) is 0.533. The van der Waals surface area contributed by atoms with Crippen LogP contribution in [0.25, 0.3) is 0 Å². The molecule has 2 aliphatic carbocycles. The molecule has 3 atom stereocenters. The summed E-state index contributed by atoms with van der Waals surface area (Å²) in [4.78, 5) is 12.3. The molecular weight excluding hydrogens is 224 g/mol. The molecular formula is C15H20N2O. The zero-order chi connectivity index (χ0) is 12.7. The van der Waals surface area contributed by atoms with E-state index in [0.717, 1.165) is 17.0 Å². The first-order valence-corrected chi connectivity index (χ1v) is 6.80. The number of carbonyl (C=O) groups excluding carboxylic acids is 1. The van der Waals surface area contributed by atoms with E-state index in [1.54, 1.807) is 6.07 Å². The van der Waals surface area contributed by atoms with Gasteiger partial charge in [0.1, 0.15) is 0 Å². The molecule has 1 aromatic carbocycles. The molecule has 2 fully saturated rings. The van der Waals surface area contributed by atoms with Crippen molar-refractivity contribution >= 4 is 11.6 Å². The first-order valence-electron chi connectivity index (χ1n) is 6.80. The Labute approximate surface area is 108 Å². The van der Waals surface area contributed by atoms with E-state index in [2.05, 4.69) is 5.32 Å². The van der Waals surface area contributed by atoms with Gasteiger partial charge in [0, 0.05) is 17.3 Å². The van der Waals surface area contributed by atoms with E-state index in [1.165, 1.54) is 25.7 Å². The number of nitrogen functional groups attached to an aromatic ring is 1. The third-order valence-corrected chi connectivity index (χ3v) is 4.55. The number of hydrogen-bond donors (Lipinski definition) is 2. The summed E-state index contributed by atoms with van der Waals surface area (Å²) in [6.07, 6.45) is 5.13. The lowest BCUT2D eigenvalue weighted by molar-refractivity contribution is 0.0922. The standard InChI is InChI=1S/C15H20N2O/c1-9-6-12(16)4-5-13(9)15(18)17-14-8-10-2-3-11(14)7-10/h4-6,10-11,14H,2-3,7-8,16H2,1H3,(H,17,18). The maximum Gasteiger partial charge on any atom is 0.251 e. The van der Waals surface area contributed by atoms with Gasteiger partial charge in [-0.1, -0.05) is 6.42 Å². The van der Waals surface area contributed by atoms with Gasteiger partial charge >= 0.3 is 0 Å². The van der Waals surface area contributed by atoms with Crippen molar-refractivity contribution in [2.45, 2.75) is 38.6 Å². The highest BCUT2D eigenvalue weighted by molar-refractivity contribution is 5.96. The summed E-state index contributed by atoms with van der Waals surface area (Å²) in [5, 5.41) is 3.21. The molecule has 0 saturated heterocycles. The molecule has 0 aliphatic heterocycles. The molecule has 1 amide bonds. The number of rotatable bonds is 2. The fourth-order valence-corrected chi connectivity index (χ4v) is 3.61. The highest BCUT2D eigenvalue weighted by Gasteiger charge is 2.40. The Morgan fingerprint density at radius 3 is 2.78 bits per heavy atom. The van der Waals surface area contributed by atoms with Crippen molar-refractivity contribution in [3.63, 3.8) is 0 Å². The number of carbonyl (C=O) groups is 1. The topological polar surface area (TPSA) is 55.1 Å². The number of amides is 1. The minimum absolute atomic E-state index is 0.0602. The first kappa shape index (κ1) is 11.6. The van der Waals surface area contributed by atoms with Crippen LogP contribution in [0.2, 0.25) is 0 Å². The van der Waals surface area contributed by atoms with Gasteiger partial charge in [-0.25, -0.2) is 0 Å². The summed E-state index contributed by atoms with van der Waals surface area (Å²) < 4.78 is 0. The van der Waals surface area contributed by atoms with E-state index in [-0.39, 0.29) is 5.91 Å². The summed E-state index contributed by atoms with van der Waals surface area (Å²) in [7, 11) is 0. The average molecular weight is 244 g/mol. The molecule has 0 radical (unpaired) electrons. The van der Waals surface area contributed by atoms with Gasteiger partial charge in [0.05, 0.1) is 0 Å². The van der Waals surface area contributed by atoms with Crippen LogP contribution < -0.4 is 11.1 Å². The van der Waals surface area contributed by atoms with Crippen molar-refractivity contribution in [3.05, 3.63) is 29.3 Å². The Bertz CT molecular complexity index is 483. The van der Waals surface area contributed by atoms with Gasteiger partial charge in [-0.15, -0.1) is 0 Å². The molecule has 3 nitrogen and oxygen atoms in total. The van der Waals surface area contributed by atoms with E-state index in [4.69, 9.17) is 5.73 Å². The monoisotopic (exact) mass is 244 g/mol. The SMILES string of the molecule is Cc1cc(N)ccc1C(=O)NC1CC2CCC1C2. The lowest BCUT2D eigenvalue weighted by atomic mass is 9.95. The number of nitrogens with two attached hydrogens (primary N) is 1. The minimum Gasteiger partial charge on any atom is -0.399 e. The number of fused-ring (bicyclic) bond motifs is 2. The van der Waals surface area contributed by atoms with E-state index in [1.807, 2.05) is 19.1 Å². The maximum absolute atomic E-state index is 12.3. The number of nitrogens with one attached hydrogen (secondary N) is 1. The van der Waals surface area contributed by atoms with E-state index in [9.17, 15) is 4.79 Å². The number of hydrogen-bond acceptors (Lipinski definition) is 2. The molecule has 3 unspecified atom stereocenters. The molecule has 0 spiro atoms. The molecule has 2 bridgehead atoms. The van der Waals surface area contributed by atoms with Crippen LogP contribution in [0.15, 0.2) is 18.2 Å². The fourth-order valence-electron chi connectivity index (χ4n) is 3.61. The van der Waals surface area contributed by atoms with E-state index < -0.39 is 0 Å². The Kier molecular flexibility index (Phi) is 2.77. The summed E-state index contributed by atoms with van der Waals surface area (Å²) in [6, 6.07) is 5.87. The van der Waals surface area contributed by atoms with Crippen LogP contribution in [0, 0.1) is 18.8 Å². The second-order valence-corrected chi connectivity index (χ2v) is 5.83. The van der Waals surface area contributed by atoms with Crippen molar-refractivity contribution in [2.75, 3.05) is 5.73 Å². The van der Waals surface area contributed by atoms with Crippen LogP contribution in [-0.2, 0) is 0 Å². The van der Waals surface area contributed by atoms with Crippen molar-refractivity contribution in [2.24, 2.45) is 11.8 Å². The number of anilines is 1. The molecule has 96 valence electrons. The first-order chi connectivity index (χ1) is 8.63. The van der Waals surface area contributed by atoms with Crippen molar-refractivity contribution in [1.82, 2.24) is 5.32 Å². The van der Waals surface area contributed by atoms with Gasteiger partial charge in [-0.2, -0.15) is 0 Å². The zero-order valence-electron chi connectivity index (χ0n) is 10.8. The molecule has 2 saturated carbocycles.